The van der Waals surface area contributed by atoms with Crippen LogP contribution in [0.15, 0.2) is 12.4 Å². The van der Waals surface area contributed by atoms with Gasteiger partial charge in [-0.15, -0.1) is 0 Å². The van der Waals surface area contributed by atoms with Crippen molar-refractivity contribution in [2.24, 2.45) is 0 Å². The van der Waals surface area contributed by atoms with Gasteiger partial charge in [-0.05, 0) is 6.92 Å². The van der Waals surface area contributed by atoms with Crippen LogP contribution >= 0.6 is 0 Å². The molecule has 0 bridgehead atoms. The molecule has 0 aliphatic carbocycles. The Kier molecular flexibility index (Phi) is 4.81. The summed E-state index contributed by atoms with van der Waals surface area (Å²) in [5, 5.41) is 0. The fourth-order valence-electron chi connectivity index (χ4n) is 1.92. The maximum absolute atomic E-state index is 12.1. The van der Waals surface area contributed by atoms with Crippen LogP contribution in [-0.2, 0) is 4.74 Å². The molecule has 1 aromatic heterocycles. The molecule has 2 rings (SSSR count). The Morgan fingerprint density at radius 2 is 2.11 bits per heavy atom. The lowest BCUT2D eigenvalue weighted by Gasteiger charge is -2.28. The topological polar surface area (TPSA) is 58.6 Å². The summed E-state index contributed by atoms with van der Waals surface area (Å²) in [6.45, 7) is 6.84. The van der Waals surface area contributed by atoms with Gasteiger partial charge >= 0.3 is 0 Å². The monoisotopic (exact) mass is 264 g/mol. The van der Waals surface area contributed by atoms with Gasteiger partial charge in [0.15, 0.2) is 0 Å². The number of likely N-dealkylation sites (N-methyl/N-ethyl adjacent to an activating group) is 1. The van der Waals surface area contributed by atoms with Gasteiger partial charge in [-0.2, -0.15) is 0 Å². The first-order valence-corrected chi connectivity index (χ1v) is 6.51. The van der Waals surface area contributed by atoms with Crippen molar-refractivity contribution in [3.63, 3.8) is 0 Å². The van der Waals surface area contributed by atoms with Crippen LogP contribution in [0.25, 0.3) is 0 Å². The summed E-state index contributed by atoms with van der Waals surface area (Å²) >= 11 is 0. The van der Waals surface area contributed by atoms with Gasteiger partial charge < -0.3 is 9.64 Å². The Morgan fingerprint density at radius 3 is 2.74 bits per heavy atom. The van der Waals surface area contributed by atoms with Gasteiger partial charge in [-0.1, -0.05) is 0 Å². The number of rotatable bonds is 4. The Hall–Kier alpha value is -1.53. The third-order valence-electron chi connectivity index (χ3n) is 3.20. The molecular formula is C13H20N4O2. The van der Waals surface area contributed by atoms with Crippen LogP contribution < -0.4 is 0 Å². The second-order valence-electron chi connectivity index (χ2n) is 4.72. The molecule has 104 valence electrons. The van der Waals surface area contributed by atoms with Gasteiger partial charge in [0.2, 0.25) is 0 Å². The summed E-state index contributed by atoms with van der Waals surface area (Å²) in [6.07, 6.45) is 3.14. The van der Waals surface area contributed by atoms with Crippen molar-refractivity contribution in [1.29, 1.82) is 0 Å². The first kappa shape index (κ1) is 13.9. The molecule has 0 N–H and O–H groups in total. The first-order valence-electron chi connectivity index (χ1n) is 6.51. The van der Waals surface area contributed by atoms with Gasteiger partial charge in [-0.3, -0.25) is 14.7 Å². The molecule has 0 unspecified atom stereocenters. The number of carbonyl (C=O) groups excluding carboxylic acids is 1. The van der Waals surface area contributed by atoms with Crippen LogP contribution in [0.5, 0.6) is 0 Å². The van der Waals surface area contributed by atoms with Gasteiger partial charge in [0.05, 0.1) is 25.1 Å². The fraction of sp³-hybridized carbons (Fsp3) is 0.615. The molecule has 6 heteroatoms. The van der Waals surface area contributed by atoms with Crippen LogP contribution in [0.1, 0.15) is 16.2 Å². The highest BCUT2D eigenvalue weighted by Crippen LogP contribution is 2.01. The molecule has 1 aromatic rings. The van der Waals surface area contributed by atoms with E-state index in [4.69, 9.17) is 4.74 Å². The highest BCUT2D eigenvalue weighted by Gasteiger charge is 2.16. The third-order valence-corrected chi connectivity index (χ3v) is 3.20. The number of hydrogen-bond donors (Lipinski definition) is 0. The first-order chi connectivity index (χ1) is 9.16. The summed E-state index contributed by atoms with van der Waals surface area (Å²) in [5.41, 5.74) is 1.21. The maximum atomic E-state index is 12.1. The van der Waals surface area contributed by atoms with Crippen LogP contribution in [-0.4, -0.2) is 72.1 Å². The molecule has 1 amide bonds. The predicted octanol–water partition coefficient (Wildman–Crippen LogP) is 0.189. The summed E-state index contributed by atoms with van der Waals surface area (Å²) in [5.74, 6) is -0.0826. The van der Waals surface area contributed by atoms with E-state index in [-0.39, 0.29) is 5.91 Å². The number of hydrogen-bond acceptors (Lipinski definition) is 5. The van der Waals surface area contributed by atoms with E-state index >= 15 is 0 Å². The lowest BCUT2D eigenvalue weighted by molar-refractivity contribution is 0.0337. The average molecular weight is 264 g/mol. The minimum Gasteiger partial charge on any atom is -0.379 e. The Bertz CT molecular complexity index is 415. The normalized spacial score (nSPS) is 16.3. The molecule has 0 atom stereocenters. The number of carbonyl (C=O) groups is 1. The molecular weight excluding hydrogens is 244 g/mol. The number of aryl methyl sites for hydroxylation is 1. The second kappa shape index (κ2) is 6.58. The van der Waals surface area contributed by atoms with Crippen LogP contribution in [0.4, 0.5) is 0 Å². The standard InChI is InChI=1S/C13H20N4O2/c1-11-9-15-12(10-14-11)13(18)16(2)3-4-17-5-7-19-8-6-17/h9-10H,3-8H2,1-2H3. The zero-order valence-corrected chi connectivity index (χ0v) is 11.5. The molecule has 2 heterocycles. The van der Waals surface area contributed by atoms with E-state index in [0.29, 0.717) is 12.2 Å². The van der Waals surface area contributed by atoms with Gasteiger partial charge in [-0.25, -0.2) is 4.98 Å². The molecule has 0 saturated carbocycles. The Balaban J connectivity index is 1.83. The van der Waals surface area contributed by atoms with Crippen LogP contribution in [0.2, 0.25) is 0 Å². The highest BCUT2D eigenvalue weighted by atomic mass is 16.5. The zero-order valence-electron chi connectivity index (χ0n) is 11.5. The van der Waals surface area contributed by atoms with Crippen LogP contribution in [0, 0.1) is 6.92 Å². The number of ether oxygens (including phenoxy) is 1. The van der Waals surface area contributed by atoms with Gasteiger partial charge in [0, 0.05) is 39.4 Å². The third kappa shape index (κ3) is 3.97. The summed E-state index contributed by atoms with van der Waals surface area (Å²) < 4.78 is 5.29. The molecule has 1 saturated heterocycles. The molecule has 1 fully saturated rings. The van der Waals surface area contributed by atoms with Crippen molar-refractivity contribution in [3.05, 3.63) is 23.8 Å². The molecule has 19 heavy (non-hydrogen) atoms. The van der Waals surface area contributed by atoms with E-state index in [0.717, 1.165) is 38.5 Å². The van der Waals surface area contributed by atoms with Crippen molar-refractivity contribution >= 4 is 5.91 Å². The Labute approximate surface area is 113 Å². The maximum Gasteiger partial charge on any atom is 0.273 e. The van der Waals surface area contributed by atoms with Crippen molar-refractivity contribution in [2.45, 2.75) is 6.92 Å². The minimum absolute atomic E-state index is 0.0826. The molecule has 1 aliphatic rings. The largest absolute Gasteiger partial charge is 0.379 e. The van der Waals surface area contributed by atoms with E-state index < -0.39 is 0 Å². The van der Waals surface area contributed by atoms with E-state index in [1.54, 1.807) is 18.1 Å². The summed E-state index contributed by atoms with van der Waals surface area (Å²) in [6, 6.07) is 0. The molecule has 6 nitrogen and oxygen atoms in total. The molecule has 0 radical (unpaired) electrons. The number of nitrogens with zero attached hydrogens (tertiary/aromatic N) is 4. The Morgan fingerprint density at radius 1 is 1.37 bits per heavy atom. The quantitative estimate of drug-likeness (QED) is 0.777. The number of aromatic nitrogens is 2. The van der Waals surface area contributed by atoms with Gasteiger partial charge in [0.1, 0.15) is 5.69 Å². The average Bonchev–Trinajstić information content (AvgIpc) is 2.46. The highest BCUT2D eigenvalue weighted by molar-refractivity contribution is 5.91. The van der Waals surface area contributed by atoms with E-state index in [2.05, 4.69) is 14.9 Å². The lowest BCUT2D eigenvalue weighted by Crippen LogP contribution is -2.42. The summed E-state index contributed by atoms with van der Waals surface area (Å²) in [4.78, 5) is 24.3. The van der Waals surface area contributed by atoms with Crippen molar-refractivity contribution in [3.8, 4) is 0 Å². The van der Waals surface area contributed by atoms with Crippen molar-refractivity contribution in [1.82, 2.24) is 19.8 Å². The number of morpholine rings is 1. The minimum atomic E-state index is -0.0826. The fourth-order valence-corrected chi connectivity index (χ4v) is 1.92. The van der Waals surface area contributed by atoms with Crippen LogP contribution in [0.3, 0.4) is 0 Å². The van der Waals surface area contributed by atoms with E-state index in [1.165, 1.54) is 6.20 Å². The summed E-state index contributed by atoms with van der Waals surface area (Å²) in [7, 11) is 1.80. The zero-order chi connectivity index (χ0) is 13.7. The van der Waals surface area contributed by atoms with E-state index in [1.807, 2.05) is 6.92 Å². The molecule has 0 aromatic carbocycles. The van der Waals surface area contributed by atoms with Crippen molar-refractivity contribution < 1.29 is 9.53 Å². The second-order valence-corrected chi connectivity index (χ2v) is 4.72. The molecule has 0 spiro atoms. The van der Waals surface area contributed by atoms with Gasteiger partial charge in [0.25, 0.3) is 5.91 Å². The molecule has 1 aliphatic heterocycles. The smallest absolute Gasteiger partial charge is 0.273 e. The van der Waals surface area contributed by atoms with E-state index in [9.17, 15) is 4.79 Å². The lowest BCUT2D eigenvalue weighted by atomic mass is 10.3. The SMILES string of the molecule is Cc1cnc(C(=O)N(C)CCN2CCOCC2)cn1. The predicted molar refractivity (Wildman–Crippen MR) is 71.0 cm³/mol. The van der Waals surface area contributed by atoms with Crippen molar-refractivity contribution in [2.75, 3.05) is 46.4 Å². The number of amides is 1.